The van der Waals surface area contributed by atoms with Crippen LogP contribution in [0.2, 0.25) is 4.82 Å². The number of hydrogen-bond acceptors (Lipinski definition) is 1. The maximum atomic E-state index is 10.7. The fourth-order valence-corrected chi connectivity index (χ4v) is 2.92. The molecule has 1 heterocycles. The van der Waals surface area contributed by atoms with Gasteiger partial charge in [-0.15, -0.1) is 0 Å². The number of carboxylic acid groups (broad SMARTS) is 1. The molecule has 0 saturated carbocycles. The molecule has 1 N–H and O–H groups in total. The molecule has 0 aliphatic carbocycles. The number of carboxylic acids is 1. The zero-order chi connectivity index (χ0) is 9.26. The van der Waals surface area contributed by atoms with Crippen LogP contribution in [0.4, 0.5) is 0 Å². The maximum absolute atomic E-state index is 10.7. The van der Waals surface area contributed by atoms with Crippen LogP contribution in [0.1, 0.15) is 5.56 Å². The zero-order valence-corrected chi connectivity index (χ0v) is 8.52. The van der Waals surface area contributed by atoms with Crippen molar-refractivity contribution in [3.8, 4) is 0 Å². The summed E-state index contributed by atoms with van der Waals surface area (Å²) in [6, 6.07) is 9.71. The first kappa shape index (κ1) is 8.54. The monoisotopic (exact) mass is 240 g/mol. The Bertz CT molecular complexity index is 356. The number of benzene rings is 1. The van der Waals surface area contributed by atoms with E-state index in [2.05, 4.69) is 0 Å². The summed E-state index contributed by atoms with van der Waals surface area (Å²) in [5.74, 6) is -0.693. The third-order valence-electron chi connectivity index (χ3n) is 1.94. The molecule has 0 aromatic heterocycles. The van der Waals surface area contributed by atoms with E-state index in [1.165, 1.54) is 0 Å². The second-order valence-corrected chi connectivity index (χ2v) is 4.85. The number of carbonyl (C=O) groups is 1. The molecule has 1 aromatic carbocycles. The Balaban J connectivity index is 2.25. The Morgan fingerprint density at radius 1 is 1.31 bits per heavy atom. The van der Waals surface area contributed by atoms with Crippen molar-refractivity contribution in [2.75, 3.05) is 0 Å². The van der Waals surface area contributed by atoms with Crippen LogP contribution in [-0.2, 0) is 4.79 Å². The Kier molecular flexibility index (Phi) is 2.21. The van der Waals surface area contributed by atoms with Crippen molar-refractivity contribution < 1.29 is 9.90 Å². The minimum absolute atomic E-state index is 0.150. The number of rotatable bonds is 2. The molecule has 0 amide bonds. The third kappa shape index (κ3) is 1.53. The van der Waals surface area contributed by atoms with Gasteiger partial charge in [-0.3, -0.25) is 0 Å². The molecule has 1 aliphatic rings. The van der Waals surface area contributed by atoms with Crippen molar-refractivity contribution in [3.05, 3.63) is 40.9 Å². The summed E-state index contributed by atoms with van der Waals surface area (Å²) in [5, 5.41) is 8.84. The van der Waals surface area contributed by atoms with E-state index in [1.54, 1.807) is 0 Å². The molecular weight excluding hydrogens is 231 g/mol. The van der Waals surface area contributed by atoms with E-state index >= 15 is 0 Å². The molecule has 13 heavy (non-hydrogen) atoms. The molecule has 0 saturated heterocycles. The van der Waals surface area contributed by atoms with Crippen LogP contribution in [0.3, 0.4) is 0 Å². The standard InChI is InChI=1S/C10H8O2Se/c11-10(12)9-8(6-13-9)7-4-2-1-3-5-7/h1-6,9H,(H,11,12). The van der Waals surface area contributed by atoms with Crippen LogP contribution in [-0.4, -0.2) is 26.0 Å². The van der Waals surface area contributed by atoms with Gasteiger partial charge in [0.15, 0.2) is 0 Å². The Hall–Kier alpha value is -1.05. The van der Waals surface area contributed by atoms with Gasteiger partial charge in [-0.1, -0.05) is 0 Å². The van der Waals surface area contributed by atoms with Crippen molar-refractivity contribution in [2.24, 2.45) is 0 Å². The summed E-state index contributed by atoms with van der Waals surface area (Å²) >= 11 is 0.150. The van der Waals surface area contributed by atoms with Crippen LogP contribution in [0, 0.1) is 0 Å². The Labute approximate surface area is 82.4 Å². The van der Waals surface area contributed by atoms with E-state index in [-0.39, 0.29) is 19.8 Å². The van der Waals surface area contributed by atoms with Gasteiger partial charge in [-0.25, -0.2) is 0 Å². The van der Waals surface area contributed by atoms with Crippen LogP contribution in [0.25, 0.3) is 5.57 Å². The van der Waals surface area contributed by atoms with Gasteiger partial charge < -0.3 is 0 Å². The topological polar surface area (TPSA) is 37.3 Å². The van der Waals surface area contributed by atoms with Crippen molar-refractivity contribution in [1.29, 1.82) is 0 Å². The summed E-state index contributed by atoms with van der Waals surface area (Å²) in [7, 11) is 0. The van der Waals surface area contributed by atoms with Crippen LogP contribution in [0.5, 0.6) is 0 Å². The molecule has 1 unspecified atom stereocenters. The molecular formula is C10H8O2Se. The summed E-state index contributed by atoms with van der Waals surface area (Å²) in [6.45, 7) is 0. The van der Waals surface area contributed by atoms with E-state index < -0.39 is 5.97 Å². The van der Waals surface area contributed by atoms with Gasteiger partial charge in [0.2, 0.25) is 0 Å². The first-order valence-corrected chi connectivity index (χ1v) is 5.90. The molecule has 3 heteroatoms. The quantitative estimate of drug-likeness (QED) is 0.796. The molecule has 1 aliphatic heterocycles. The van der Waals surface area contributed by atoms with E-state index in [0.29, 0.717) is 0 Å². The first-order chi connectivity index (χ1) is 6.29. The second-order valence-electron chi connectivity index (χ2n) is 2.79. The van der Waals surface area contributed by atoms with Gasteiger partial charge in [0.25, 0.3) is 0 Å². The normalized spacial score (nSPS) is 20.3. The number of aliphatic carboxylic acids is 1. The first-order valence-electron chi connectivity index (χ1n) is 3.93. The summed E-state index contributed by atoms with van der Waals surface area (Å²) < 4.78 is 0. The van der Waals surface area contributed by atoms with Crippen molar-refractivity contribution in [3.63, 3.8) is 0 Å². The van der Waals surface area contributed by atoms with Crippen LogP contribution >= 0.6 is 0 Å². The van der Waals surface area contributed by atoms with Crippen molar-refractivity contribution in [2.45, 2.75) is 4.82 Å². The third-order valence-corrected chi connectivity index (χ3v) is 4.29. The van der Waals surface area contributed by atoms with Crippen LogP contribution in [0.15, 0.2) is 35.3 Å². The molecule has 1 atom stereocenters. The fraction of sp³-hybridized carbons (Fsp3) is 0.100. The second kappa shape index (κ2) is 3.36. The van der Waals surface area contributed by atoms with Gasteiger partial charge >= 0.3 is 82.1 Å². The summed E-state index contributed by atoms with van der Waals surface area (Å²) in [6.07, 6.45) is 0. The fourth-order valence-electron chi connectivity index (χ4n) is 1.25. The summed E-state index contributed by atoms with van der Waals surface area (Å²) in [4.78, 5) is 12.6. The molecule has 66 valence electrons. The van der Waals surface area contributed by atoms with E-state index in [0.717, 1.165) is 11.1 Å². The van der Waals surface area contributed by atoms with Gasteiger partial charge in [0.1, 0.15) is 0 Å². The minimum atomic E-state index is -0.693. The molecule has 1 aromatic rings. The average molecular weight is 239 g/mol. The van der Waals surface area contributed by atoms with Gasteiger partial charge in [-0.05, 0) is 0 Å². The summed E-state index contributed by atoms with van der Waals surface area (Å²) in [5.41, 5.74) is 2.02. The van der Waals surface area contributed by atoms with E-state index in [9.17, 15) is 4.79 Å². The van der Waals surface area contributed by atoms with Crippen LogP contribution < -0.4 is 0 Å². The van der Waals surface area contributed by atoms with Crippen molar-refractivity contribution in [1.82, 2.24) is 0 Å². The predicted octanol–water partition coefficient (Wildman–Crippen LogP) is 1.62. The number of hydrogen-bond donors (Lipinski definition) is 1. The molecule has 2 nitrogen and oxygen atoms in total. The molecule has 0 radical (unpaired) electrons. The van der Waals surface area contributed by atoms with E-state index in [4.69, 9.17) is 5.11 Å². The molecule has 2 rings (SSSR count). The predicted molar refractivity (Wildman–Crippen MR) is 51.6 cm³/mol. The van der Waals surface area contributed by atoms with E-state index in [1.807, 2.05) is 35.3 Å². The molecule has 0 spiro atoms. The van der Waals surface area contributed by atoms with Gasteiger partial charge in [0, 0.05) is 0 Å². The Morgan fingerprint density at radius 2 is 2.00 bits per heavy atom. The van der Waals surface area contributed by atoms with Gasteiger partial charge in [-0.2, -0.15) is 0 Å². The average Bonchev–Trinajstić information content (AvgIpc) is 2.02. The Morgan fingerprint density at radius 3 is 2.46 bits per heavy atom. The zero-order valence-electron chi connectivity index (χ0n) is 6.81. The SMILES string of the molecule is O=C(O)C1[Se]C=C1c1ccccc1. The molecule has 0 bridgehead atoms. The van der Waals surface area contributed by atoms with Crippen molar-refractivity contribution >= 4 is 26.5 Å². The molecule has 0 fully saturated rings. The van der Waals surface area contributed by atoms with Gasteiger partial charge in [0.05, 0.1) is 0 Å².